The van der Waals surface area contributed by atoms with Crippen molar-refractivity contribution >= 4 is 5.69 Å². The highest BCUT2D eigenvalue weighted by Gasteiger charge is 2.05. The van der Waals surface area contributed by atoms with E-state index in [1.807, 2.05) is 37.4 Å². The molecule has 0 aliphatic heterocycles. The van der Waals surface area contributed by atoms with E-state index in [1.165, 1.54) is 0 Å². The summed E-state index contributed by atoms with van der Waals surface area (Å²) in [7, 11) is 0. The van der Waals surface area contributed by atoms with Crippen LogP contribution in [0.2, 0.25) is 0 Å². The van der Waals surface area contributed by atoms with Crippen LogP contribution in [0.5, 0.6) is 5.75 Å². The number of nitrogens with one attached hydrogen (secondary N) is 1. The van der Waals surface area contributed by atoms with Gasteiger partial charge in [-0.2, -0.15) is 0 Å². The molecule has 0 spiro atoms. The first-order valence-corrected chi connectivity index (χ1v) is 5.63. The maximum atomic E-state index is 9.42. The number of aromatic nitrogens is 1. The average Bonchev–Trinajstić information content (AvgIpc) is 2.32. The Kier molecular flexibility index (Phi) is 3.28. The number of phenolic OH excluding ortho intramolecular Hbond substituents is 1. The topological polar surface area (TPSA) is 45.1 Å². The van der Waals surface area contributed by atoms with E-state index in [9.17, 15) is 5.11 Å². The van der Waals surface area contributed by atoms with Crippen LogP contribution >= 0.6 is 0 Å². The van der Waals surface area contributed by atoms with Crippen molar-refractivity contribution in [1.82, 2.24) is 4.98 Å². The van der Waals surface area contributed by atoms with Gasteiger partial charge in [-0.15, -0.1) is 0 Å². The van der Waals surface area contributed by atoms with Crippen molar-refractivity contribution in [2.45, 2.75) is 19.9 Å². The summed E-state index contributed by atoms with van der Waals surface area (Å²) in [6.07, 6.45) is 1.81. The van der Waals surface area contributed by atoms with Crippen LogP contribution in [0.1, 0.15) is 24.2 Å². The SMILES string of the molecule is Cc1ccc(NC(C)c2cccc(O)c2)cn1. The smallest absolute Gasteiger partial charge is 0.115 e. The van der Waals surface area contributed by atoms with Crippen LogP contribution in [-0.4, -0.2) is 10.1 Å². The van der Waals surface area contributed by atoms with Gasteiger partial charge < -0.3 is 10.4 Å². The van der Waals surface area contributed by atoms with Crippen molar-refractivity contribution in [1.29, 1.82) is 0 Å². The lowest BCUT2D eigenvalue weighted by Crippen LogP contribution is -2.06. The van der Waals surface area contributed by atoms with Gasteiger partial charge in [-0.05, 0) is 43.7 Å². The standard InChI is InChI=1S/C14H16N2O/c1-10-6-7-13(9-15-10)16-11(2)12-4-3-5-14(17)8-12/h3-9,11,16-17H,1-2H3. The number of aromatic hydroxyl groups is 1. The lowest BCUT2D eigenvalue weighted by Gasteiger charge is -2.15. The van der Waals surface area contributed by atoms with Crippen molar-refractivity contribution < 1.29 is 5.11 Å². The number of benzene rings is 1. The molecule has 0 radical (unpaired) electrons. The molecular formula is C14H16N2O. The van der Waals surface area contributed by atoms with Crippen molar-refractivity contribution in [2.24, 2.45) is 0 Å². The third kappa shape index (κ3) is 2.97. The highest BCUT2D eigenvalue weighted by atomic mass is 16.3. The van der Waals surface area contributed by atoms with Crippen LogP contribution in [0.15, 0.2) is 42.6 Å². The lowest BCUT2D eigenvalue weighted by atomic mass is 10.1. The van der Waals surface area contributed by atoms with Crippen molar-refractivity contribution in [3.63, 3.8) is 0 Å². The van der Waals surface area contributed by atoms with Gasteiger partial charge in [-0.25, -0.2) is 0 Å². The summed E-state index contributed by atoms with van der Waals surface area (Å²) < 4.78 is 0. The highest BCUT2D eigenvalue weighted by molar-refractivity contribution is 5.44. The molecule has 1 heterocycles. The van der Waals surface area contributed by atoms with E-state index in [-0.39, 0.29) is 11.8 Å². The van der Waals surface area contributed by atoms with Gasteiger partial charge in [0.2, 0.25) is 0 Å². The fraction of sp³-hybridized carbons (Fsp3) is 0.214. The van der Waals surface area contributed by atoms with Gasteiger partial charge in [0.1, 0.15) is 5.75 Å². The van der Waals surface area contributed by atoms with Gasteiger partial charge in [-0.1, -0.05) is 12.1 Å². The molecule has 88 valence electrons. The molecule has 17 heavy (non-hydrogen) atoms. The second kappa shape index (κ2) is 4.87. The van der Waals surface area contributed by atoms with Crippen LogP contribution < -0.4 is 5.32 Å². The number of hydrogen-bond acceptors (Lipinski definition) is 3. The van der Waals surface area contributed by atoms with Crippen LogP contribution in [-0.2, 0) is 0 Å². The maximum absolute atomic E-state index is 9.42. The van der Waals surface area contributed by atoms with Gasteiger partial charge in [-0.3, -0.25) is 4.98 Å². The molecule has 0 fully saturated rings. The summed E-state index contributed by atoms with van der Waals surface area (Å²) in [5.74, 6) is 0.290. The van der Waals surface area contributed by atoms with Crippen LogP contribution in [0.25, 0.3) is 0 Å². The zero-order valence-corrected chi connectivity index (χ0v) is 10.0. The van der Waals surface area contributed by atoms with Crippen molar-refractivity contribution in [3.8, 4) is 5.75 Å². The Hall–Kier alpha value is -2.03. The predicted octanol–water partition coefficient (Wildman–Crippen LogP) is 3.27. The van der Waals surface area contributed by atoms with Crippen LogP contribution in [0.3, 0.4) is 0 Å². The number of pyridine rings is 1. The fourth-order valence-electron chi connectivity index (χ4n) is 1.68. The minimum atomic E-state index is 0.131. The molecule has 1 atom stereocenters. The molecule has 0 amide bonds. The van der Waals surface area contributed by atoms with Crippen LogP contribution in [0.4, 0.5) is 5.69 Å². The Labute approximate surface area is 101 Å². The van der Waals surface area contributed by atoms with E-state index >= 15 is 0 Å². The number of phenols is 1. The van der Waals surface area contributed by atoms with E-state index in [2.05, 4.69) is 17.2 Å². The summed E-state index contributed by atoms with van der Waals surface area (Å²) in [6, 6.07) is 11.4. The number of anilines is 1. The summed E-state index contributed by atoms with van der Waals surface area (Å²) in [5.41, 5.74) is 3.03. The van der Waals surface area contributed by atoms with Gasteiger partial charge in [0, 0.05) is 11.7 Å². The number of rotatable bonds is 3. The Morgan fingerprint density at radius 1 is 1.24 bits per heavy atom. The first-order chi connectivity index (χ1) is 8.15. The molecule has 0 aliphatic carbocycles. The Bertz CT molecular complexity index is 494. The normalized spacial score (nSPS) is 12.1. The van der Waals surface area contributed by atoms with Crippen molar-refractivity contribution in [2.75, 3.05) is 5.32 Å². The van der Waals surface area contributed by atoms with E-state index in [0.717, 1.165) is 16.9 Å². The molecule has 0 saturated heterocycles. The molecule has 1 aromatic heterocycles. The average molecular weight is 228 g/mol. The maximum Gasteiger partial charge on any atom is 0.115 e. The molecule has 2 aromatic rings. The molecule has 0 saturated carbocycles. The molecule has 0 bridgehead atoms. The third-order valence-corrected chi connectivity index (χ3v) is 2.66. The molecule has 3 heteroatoms. The number of nitrogens with zero attached hydrogens (tertiary/aromatic N) is 1. The third-order valence-electron chi connectivity index (χ3n) is 2.66. The summed E-state index contributed by atoms with van der Waals surface area (Å²) in [4.78, 5) is 4.23. The van der Waals surface area contributed by atoms with Crippen LogP contribution in [0, 0.1) is 6.92 Å². The summed E-state index contributed by atoms with van der Waals surface area (Å²) in [6.45, 7) is 4.01. The van der Waals surface area contributed by atoms with Gasteiger partial charge in [0.15, 0.2) is 0 Å². The molecule has 2 rings (SSSR count). The van der Waals surface area contributed by atoms with E-state index in [4.69, 9.17) is 0 Å². The predicted molar refractivity (Wildman–Crippen MR) is 69.1 cm³/mol. The lowest BCUT2D eigenvalue weighted by molar-refractivity contribution is 0.474. The van der Waals surface area contributed by atoms with E-state index < -0.39 is 0 Å². The first-order valence-electron chi connectivity index (χ1n) is 5.63. The van der Waals surface area contributed by atoms with E-state index in [0.29, 0.717) is 0 Å². The summed E-state index contributed by atoms with van der Waals surface area (Å²) >= 11 is 0. The zero-order chi connectivity index (χ0) is 12.3. The number of hydrogen-bond donors (Lipinski definition) is 2. The Balaban J connectivity index is 2.11. The molecule has 2 N–H and O–H groups in total. The Morgan fingerprint density at radius 3 is 2.71 bits per heavy atom. The van der Waals surface area contributed by atoms with E-state index in [1.54, 1.807) is 12.1 Å². The molecule has 0 aliphatic rings. The van der Waals surface area contributed by atoms with Gasteiger partial charge in [0.05, 0.1) is 11.9 Å². The molecule has 1 aromatic carbocycles. The zero-order valence-electron chi connectivity index (χ0n) is 10.0. The minimum Gasteiger partial charge on any atom is -0.508 e. The minimum absolute atomic E-state index is 0.131. The second-order valence-corrected chi connectivity index (χ2v) is 4.15. The number of aryl methyl sites for hydroxylation is 1. The van der Waals surface area contributed by atoms with Crippen molar-refractivity contribution in [3.05, 3.63) is 53.9 Å². The highest BCUT2D eigenvalue weighted by Crippen LogP contribution is 2.21. The largest absolute Gasteiger partial charge is 0.508 e. The molecule has 3 nitrogen and oxygen atoms in total. The quantitative estimate of drug-likeness (QED) is 0.847. The summed E-state index contributed by atoms with van der Waals surface area (Å²) in [5, 5.41) is 12.8. The Morgan fingerprint density at radius 2 is 2.06 bits per heavy atom. The van der Waals surface area contributed by atoms with Gasteiger partial charge >= 0.3 is 0 Å². The monoisotopic (exact) mass is 228 g/mol. The second-order valence-electron chi connectivity index (χ2n) is 4.15. The van der Waals surface area contributed by atoms with Gasteiger partial charge in [0.25, 0.3) is 0 Å². The molecule has 1 unspecified atom stereocenters. The first kappa shape index (κ1) is 11.5. The molecular weight excluding hydrogens is 212 g/mol. The fourth-order valence-corrected chi connectivity index (χ4v) is 1.68.